The molecule has 158 valence electrons. The molecule has 0 radical (unpaired) electrons. The minimum atomic E-state index is -0.525. The van der Waals surface area contributed by atoms with Crippen LogP contribution in [0.4, 0.5) is 5.82 Å². The zero-order valence-electron chi connectivity index (χ0n) is 16.4. The molecule has 11 heteroatoms. The molecule has 0 saturated carbocycles. The van der Waals surface area contributed by atoms with E-state index >= 15 is 0 Å². The number of ketones is 2. The molecule has 0 N–H and O–H groups in total. The number of halogens is 1. The Labute approximate surface area is 182 Å². The van der Waals surface area contributed by atoms with Gasteiger partial charge in [0, 0.05) is 45.1 Å². The molecule has 1 aliphatic carbocycles. The molecule has 0 bridgehead atoms. The molecule has 2 aliphatic rings. The number of pyridine rings is 2. The van der Waals surface area contributed by atoms with E-state index in [1.807, 2.05) is 12.1 Å². The highest BCUT2D eigenvalue weighted by atomic mass is 35.5. The Morgan fingerprint density at radius 1 is 1.03 bits per heavy atom. The summed E-state index contributed by atoms with van der Waals surface area (Å²) in [5, 5.41) is 16.8. The minimum Gasteiger partial charge on any atom is -0.691 e. The van der Waals surface area contributed by atoms with E-state index in [4.69, 9.17) is 11.6 Å². The van der Waals surface area contributed by atoms with Gasteiger partial charge in [0.1, 0.15) is 18.1 Å². The first kappa shape index (κ1) is 19.6. The standard InChI is InChI=1S/C20H18ClN7O3/c21-13-3-4-15(23-12-13)26-9-6-25(7-10-26)8-11-27-17-18(28(31)24-27)19(29)14-2-1-5-22-16(14)20(17)30/h1-5,12H,6-11H2. The van der Waals surface area contributed by atoms with E-state index in [0.717, 1.165) is 32.0 Å². The molecule has 0 spiro atoms. The lowest BCUT2D eigenvalue weighted by atomic mass is 9.94. The minimum absolute atomic E-state index is 0.00944. The molecule has 31 heavy (non-hydrogen) atoms. The average molecular weight is 440 g/mol. The predicted octanol–water partition coefficient (Wildman–Crippen LogP) is 0.558. The first-order valence-electron chi connectivity index (χ1n) is 9.87. The fraction of sp³-hybridized carbons (Fsp3) is 0.300. The Hall–Kier alpha value is -3.37. The molecule has 1 aliphatic heterocycles. The molecule has 1 saturated heterocycles. The summed E-state index contributed by atoms with van der Waals surface area (Å²) in [6, 6.07) is 6.78. The van der Waals surface area contributed by atoms with E-state index < -0.39 is 11.6 Å². The van der Waals surface area contributed by atoms with Crippen molar-refractivity contribution in [3.05, 3.63) is 69.5 Å². The Kier molecular flexibility index (Phi) is 4.87. The summed E-state index contributed by atoms with van der Waals surface area (Å²) in [7, 11) is 0. The molecule has 3 aromatic rings. The van der Waals surface area contributed by atoms with E-state index in [1.54, 1.807) is 12.3 Å². The van der Waals surface area contributed by atoms with Crippen LogP contribution in [-0.4, -0.2) is 69.1 Å². The lowest BCUT2D eigenvalue weighted by Gasteiger charge is -2.34. The Balaban J connectivity index is 1.28. The summed E-state index contributed by atoms with van der Waals surface area (Å²) in [4.78, 5) is 38.6. The third kappa shape index (κ3) is 3.43. The third-order valence-corrected chi connectivity index (χ3v) is 5.82. The highest BCUT2D eigenvalue weighted by molar-refractivity contribution is 6.30. The maximum atomic E-state index is 12.9. The molecule has 0 atom stereocenters. The van der Waals surface area contributed by atoms with Gasteiger partial charge in [-0.15, -0.1) is 9.53 Å². The zero-order valence-corrected chi connectivity index (χ0v) is 17.2. The van der Waals surface area contributed by atoms with E-state index in [0.29, 0.717) is 18.1 Å². The molecule has 0 aromatic carbocycles. The number of piperazine rings is 1. The van der Waals surface area contributed by atoms with Gasteiger partial charge in [0.05, 0.1) is 15.8 Å². The fourth-order valence-corrected chi connectivity index (χ4v) is 4.09. The van der Waals surface area contributed by atoms with Crippen LogP contribution in [-0.2, 0) is 6.54 Å². The second-order valence-corrected chi connectivity index (χ2v) is 7.84. The smallest absolute Gasteiger partial charge is 0.258 e. The zero-order chi connectivity index (χ0) is 21.5. The van der Waals surface area contributed by atoms with Crippen molar-refractivity contribution in [1.82, 2.24) is 24.8 Å². The third-order valence-electron chi connectivity index (χ3n) is 5.60. The van der Waals surface area contributed by atoms with Crippen molar-refractivity contribution in [1.29, 1.82) is 0 Å². The van der Waals surface area contributed by atoms with E-state index in [2.05, 4.69) is 25.0 Å². The predicted molar refractivity (Wildman–Crippen MR) is 110 cm³/mol. The second kappa shape index (κ2) is 7.71. The highest BCUT2D eigenvalue weighted by Crippen LogP contribution is 2.23. The summed E-state index contributed by atoms with van der Waals surface area (Å²) >= 11 is 5.90. The molecule has 1 fully saturated rings. The van der Waals surface area contributed by atoms with Gasteiger partial charge in [-0.05, 0) is 24.3 Å². The highest BCUT2D eigenvalue weighted by Gasteiger charge is 2.42. The molecule has 10 nitrogen and oxygen atoms in total. The average Bonchev–Trinajstić information content (AvgIpc) is 3.13. The number of aromatic nitrogens is 5. The van der Waals surface area contributed by atoms with Crippen molar-refractivity contribution in [3.8, 4) is 0 Å². The Bertz CT molecular complexity index is 1170. The van der Waals surface area contributed by atoms with Crippen LogP contribution in [0.5, 0.6) is 0 Å². The van der Waals surface area contributed by atoms with Gasteiger partial charge in [-0.3, -0.25) is 19.5 Å². The van der Waals surface area contributed by atoms with Crippen LogP contribution >= 0.6 is 11.6 Å². The number of rotatable bonds is 4. The van der Waals surface area contributed by atoms with Gasteiger partial charge in [-0.2, -0.15) is 0 Å². The van der Waals surface area contributed by atoms with E-state index in [1.165, 1.54) is 16.9 Å². The van der Waals surface area contributed by atoms with Crippen LogP contribution < -0.4 is 9.75 Å². The van der Waals surface area contributed by atoms with Gasteiger partial charge in [0.15, 0.2) is 0 Å². The number of carbonyl (C=O) groups excluding carboxylic acids is 2. The first-order chi connectivity index (χ1) is 15.0. The Morgan fingerprint density at radius 3 is 2.58 bits per heavy atom. The molecule has 0 amide bonds. The van der Waals surface area contributed by atoms with Gasteiger partial charge in [0.25, 0.3) is 17.2 Å². The summed E-state index contributed by atoms with van der Waals surface area (Å²) in [5.41, 5.74) is -0.0266. The van der Waals surface area contributed by atoms with E-state index in [-0.39, 0.29) is 27.5 Å². The van der Waals surface area contributed by atoms with Crippen LogP contribution in [0.3, 0.4) is 0 Å². The molecule has 4 heterocycles. The van der Waals surface area contributed by atoms with Gasteiger partial charge < -0.3 is 10.1 Å². The lowest BCUT2D eigenvalue weighted by molar-refractivity contribution is -0.672. The van der Waals surface area contributed by atoms with Crippen molar-refractivity contribution < 1.29 is 14.4 Å². The van der Waals surface area contributed by atoms with E-state index in [9.17, 15) is 14.8 Å². The SMILES string of the molecule is O=C1c2ncccc2C(=O)c2c1n(CCN1CCN(c3ccc(Cl)cn3)CC1)n[n+]2[O-]. The van der Waals surface area contributed by atoms with Crippen LogP contribution in [0, 0.1) is 5.21 Å². The van der Waals surface area contributed by atoms with Gasteiger partial charge in [0.2, 0.25) is 5.78 Å². The Morgan fingerprint density at radius 2 is 1.84 bits per heavy atom. The van der Waals surface area contributed by atoms with Crippen LogP contribution in [0.2, 0.25) is 5.02 Å². The lowest BCUT2D eigenvalue weighted by Crippen LogP contribution is -2.47. The fourth-order valence-electron chi connectivity index (χ4n) is 3.98. The van der Waals surface area contributed by atoms with Crippen molar-refractivity contribution in [2.24, 2.45) is 0 Å². The summed E-state index contributed by atoms with van der Waals surface area (Å²) in [6.07, 6.45) is 3.09. The maximum absolute atomic E-state index is 12.9. The number of nitrogens with zero attached hydrogens (tertiary/aromatic N) is 7. The van der Waals surface area contributed by atoms with Gasteiger partial charge in [-0.1, -0.05) is 11.6 Å². The summed E-state index contributed by atoms with van der Waals surface area (Å²) in [6.45, 7) is 4.08. The largest absolute Gasteiger partial charge is 0.691 e. The number of carbonyl (C=O) groups is 2. The number of hydrogen-bond donors (Lipinski definition) is 0. The molecule has 5 rings (SSSR count). The normalized spacial score (nSPS) is 16.4. The molecule has 0 unspecified atom stereocenters. The van der Waals surface area contributed by atoms with Crippen molar-refractivity contribution in [2.45, 2.75) is 6.54 Å². The topological polar surface area (TPSA) is 111 Å². The van der Waals surface area contributed by atoms with Crippen LogP contribution in [0.25, 0.3) is 0 Å². The van der Waals surface area contributed by atoms with Gasteiger partial charge in [-0.25, -0.2) is 4.98 Å². The number of anilines is 1. The molecular formula is C20H18ClN7O3. The van der Waals surface area contributed by atoms with Crippen molar-refractivity contribution >= 4 is 29.0 Å². The van der Waals surface area contributed by atoms with Crippen LogP contribution in [0.15, 0.2) is 36.7 Å². The van der Waals surface area contributed by atoms with Crippen molar-refractivity contribution in [3.63, 3.8) is 0 Å². The molecular weight excluding hydrogens is 422 g/mol. The maximum Gasteiger partial charge on any atom is 0.258 e. The number of fused-ring (bicyclic) bond motifs is 2. The van der Waals surface area contributed by atoms with Gasteiger partial charge >= 0.3 is 0 Å². The van der Waals surface area contributed by atoms with Crippen molar-refractivity contribution in [2.75, 3.05) is 37.6 Å². The van der Waals surface area contributed by atoms with Crippen LogP contribution in [0.1, 0.15) is 32.2 Å². The summed E-state index contributed by atoms with van der Waals surface area (Å²) < 4.78 is 1.33. The quantitative estimate of drug-likeness (QED) is 0.335. The summed E-state index contributed by atoms with van der Waals surface area (Å²) in [5.74, 6) is -0.0955. The molecule has 3 aromatic heterocycles. The number of hydrogen-bond acceptors (Lipinski definition) is 8. The second-order valence-electron chi connectivity index (χ2n) is 7.40. The first-order valence-corrected chi connectivity index (χ1v) is 10.2. The monoisotopic (exact) mass is 439 g/mol.